The molecule has 2 saturated heterocycles. The fourth-order valence-corrected chi connectivity index (χ4v) is 4.51. The van der Waals surface area contributed by atoms with E-state index in [1.165, 1.54) is 38.5 Å². The van der Waals surface area contributed by atoms with Gasteiger partial charge in [-0.1, -0.05) is 12.8 Å². The Bertz CT molecular complexity index is 630. The number of aliphatic imine (C=N–C) groups is 1. The van der Waals surface area contributed by atoms with Crippen LogP contribution in [0.15, 0.2) is 4.99 Å². The van der Waals surface area contributed by atoms with Gasteiger partial charge in [-0.25, -0.2) is 4.99 Å². The zero-order chi connectivity index (χ0) is 17.9. The highest BCUT2D eigenvalue weighted by atomic mass is 16.5. The molecule has 0 amide bonds. The van der Waals surface area contributed by atoms with Crippen molar-refractivity contribution in [2.75, 3.05) is 26.3 Å². The second-order valence-corrected chi connectivity index (χ2v) is 8.11. The highest BCUT2D eigenvalue weighted by molar-refractivity contribution is 5.80. The number of aromatic nitrogens is 3. The number of nitrogens with one attached hydrogen (secondary N) is 1. The van der Waals surface area contributed by atoms with Crippen LogP contribution in [0, 0.1) is 18.8 Å². The van der Waals surface area contributed by atoms with Gasteiger partial charge < -0.3 is 19.5 Å². The summed E-state index contributed by atoms with van der Waals surface area (Å²) in [7, 11) is 2.01. The minimum atomic E-state index is 0.573. The molecule has 0 spiro atoms. The van der Waals surface area contributed by atoms with Gasteiger partial charge in [-0.15, -0.1) is 10.2 Å². The standard InChI is InChI=1S/C19H32N6O/c1-14-22-23-18(24(14)2)11-20-19(21-17-5-3-4-6-17)25-9-7-15(12-25)16-8-10-26-13-16/h15-17H,3-13H2,1-2H3,(H,20,21). The Labute approximate surface area is 156 Å². The number of guanidine groups is 1. The van der Waals surface area contributed by atoms with Crippen LogP contribution in [0.3, 0.4) is 0 Å². The van der Waals surface area contributed by atoms with E-state index in [0.717, 1.165) is 55.7 Å². The van der Waals surface area contributed by atoms with Crippen LogP contribution in [0.2, 0.25) is 0 Å². The maximum atomic E-state index is 5.61. The average Bonchev–Trinajstić information content (AvgIpc) is 3.43. The Hall–Kier alpha value is -1.63. The van der Waals surface area contributed by atoms with Crippen molar-refractivity contribution in [3.05, 3.63) is 11.6 Å². The molecule has 1 aromatic rings. The van der Waals surface area contributed by atoms with Crippen LogP contribution in [0.5, 0.6) is 0 Å². The Morgan fingerprint density at radius 2 is 2.04 bits per heavy atom. The predicted molar refractivity (Wildman–Crippen MR) is 101 cm³/mol. The quantitative estimate of drug-likeness (QED) is 0.656. The SMILES string of the molecule is Cc1nnc(CN=C(NC2CCCC2)N2CCC(C3CCOC3)C2)n1C. The van der Waals surface area contributed by atoms with Gasteiger partial charge in [0.15, 0.2) is 11.8 Å². The zero-order valence-corrected chi connectivity index (χ0v) is 16.2. The molecule has 2 unspecified atom stereocenters. The van der Waals surface area contributed by atoms with Crippen LogP contribution >= 0.6 is 0 Å². The fraction of sp³-hybridized carbons (Fsp3) is 0.842. The molecule has 0 bridgehead atoms. The molecule has 0 radical (unpaired) electrons. The number of hydrogen-bond acceptors (Lipinski definition) is 4. The molecule has 4 rings (SSSR count). The van der Waals surface area contributed by atoms with E-state index in [0.29, 0.717) is 12.6 Å². The molecule has 3 fully saturated rings. The van der Waals surface area contributed by atoms with Gasteiger partial charge in [-0.3, -0.25) is 0 Å². The molecule has 1 aromatic heterocycles. The van der Waals surface area contributed by atoms with Gasteiger partial charge in [0.25, 0.3) is 0 Å². The topological polar surface area (TPSA) is 67.6 Å². The highest BCUT2D eigenvalue weighted by Crippen LogP contribution is 2.30. The number of aryl methyl sites for hydroxylation is 1. The smallest absolute Gasteiger partial charge is 0.194 e. The maximum Gasteiger partial charge on any atom is 0.194 e. The van der Waals surface area contributed by atoms with E-state index in [-0.39, 0.29) is 0 Å². The lowest BCUT2D eigenvalue weighted by atomic mass is 9.91. The maximum absolute atomic E-state index is 5.61. The van der Waals surface area contributed by atoms with Crippen molar-refractivity contribution in [1.82, 2.24) is 25.0 Å². The molecule has 1 saturated carbocycles. The van der Waals surface area contributed by atoms with E-state index < -0.39 is 0 Å². The van der Waals surface area contributed by atoms with E-state index in [4.69, 9.17) is 9.73 Å². The molecule has 1 N–H and O–H groups in total. The fourth-order valence-electron chi connectivity index (χ4n) is 4.51. The number of nitrogens with zero attached hydrogens (tertiary/aromatic N) is 5. The summed E-state index contributed by atoms with van der Waals surface area (Å²) in [5.41, 5.74) is 0. The summed E-state index contributed by atoms with van der Waals surface area (Å²) in [5, 5.41) is 12.2. The third-order valence-corrected chi connectivity index (χ3v) is 6.40. The van der Waals surface area contributed by atoms with E-state index in [1.54, 1.807) is 0 Å². The van der Waals surface area contributed by atoms with E-state index in [1.807, 2.05) is 18.5 Å². The molecule has 3 heterocycles. The lowest BCUT2D eigenvalue weighted by Crippen LogP contribution is -2.44. The van der Waals surface area contributed by atoms with Crippen LogP contribution in [-0.2, 0) is 18.3 Å². The van der Waals surface area contributed by atoms with Crippen molar-refractivity contribution < 1.29 is 4.74 Å². The minimum Gasteiger partial charge on any atom is -0.381 e. The second kappa shape index (κ2) is 7.94. The molecular weight excluding hydrogens is 328 g/mol. The van der Waals surface area contributed by atoms with E-state index in [9.17, 15) is 0 Å². The molecule has 2 atom stereocenters. The first-order valence-corrected chi connectivity index (χ1v) is 10.2. The number of rotatable bonds is 4. The molecule has 3 aliphatic rings. The summed E-state index contributed by atoms with van der Waals surface area (Å²) >= 11 is 0. The van der Waals surface area contributed by atoms with E-state index >= 15 is 0 Å². The van der Waals surface area contributed by atoms with Crippen molar-refractivity contribution in [3.63, 3.8) is 0 Å². The van der Waals surface area contributed by atoms with Crippen LogP contribution < -0.4 is 5.32 Å². The van der Waals surface area contributed by atoms with Crippen molar-refractivity contribution in [2.24, 2.45) is 23.9 Å². The van der Waals surface area contributed by atoms with Crippen molar-refractivity contribution >= 4 is 5.96 Å². The van der Waals surface area contributed by atoms with Gasteiger partial charge in [0.2, 0.25) is 0 Å². The molecular formula is C19H32N6O. The lowest BCUT2D eigenvalue weighted by molar-refractivity contribution is 0.173. The second-order valence-electron chi connectivity index (χ2n) is 8.11. The van der Waals surface area contributed by atoms with Crippen molar-refractivity contribution in [1.29, 1.82) is 0 Å². The number of hydrogen-bond donors (Lipinski definition) is 1. The Morgan fingerprint density at radius 3 is 2.73 bits per heavy atom. The van der Waals surface area contributed by atoms with Gasteiger partial charge >= 0.3 is 0 Å². The summed E-state index contributed by atoms with van der Waals surface area (Å²) in [5.74, 6) is 4.40. The first-order chi connectivity index (χ1) is 12.7. The number of ether oxygens (including phenoxy) is 1. The van der Waals surface area contributed by atoms with E-state index in [2.05, 4.69) is 20.4 Å². The summed E-state index contributed by atoms with van der Waals surface area (Å²) in [6.07, 6.45) is 7.65. The number of likely N-dealkylation sites (tertiary alicyclic amines) is 1. The molecule has 1 aliphatic carbocycles. The first-order valence-electron chi connectivity index (χ1n) is 10.2. The summed E-state index contributed by atoms with van der Waals surface area (Å²) < 4.78 is 7.64. The molecule has 7 heteroatoms. The van der Waals surface area contributed by atoms with Gasteiger partial charge in [0.1, 0.15) is 12.4 Å². The van der Waals surface area contributed by atoms with Gasteiger partial charge in [-0.05, 0) is 44.4 Å². The van der Waals surface area contributed by atoms with Gasteiger partial charge in [0, 0.05) is 39.4 Å². The summed E-state index contributed by atoms with van der Waals surface area (Å²) in [6, 6.07) is 0.573. The Kier molecular flexibility index (Phi) is 5.43. The normalized spacial score (nSPS) is 27.6. The summed E-state index contributed by atoms with van der Waals surface area (Å²) in [4.78, 5) is 7.41. The molecule has 144 valence electrons. The first kappa shape index (κ1) is 17.8. The van der Waals surface area contributed by atoms with Crippen molar-refractivity contribution in [3.8, 4) is 0 Å². The molecule has 7 nitrogen and oxygen atoms in total. The molecule has 26 heavy (non-hydrogen) atoms. The lowest BCUT2D eigenvalue weighted by Gasteiger charge is -2.26. The van der Waals surface area contributed by atoms with Crippen LogP contribution in [0.4, 0.5) is 0 Å². The highest BCUT2D eigenvalue weighted by Gasteiger charge is 2.33. The Morgan fingerprint density at radius 1 is 1.19 bits per heavy atom. The predicted octanol–water partition coefficient (Wildman–Crippen LogP) is 1.87. The minimum absolute atomic E-state index is 0.573. The summed E-state index contributed by atoms with van der Waals surface area (Å²) in [6.45, 7) is 6.64. The third-order valence-electron chi connectivity index (χ3n) is 6.40. The van der Waals surface area contributed by atoms with Crippen molar-refractivity contribution in [2.45, 2.75) is 58.0 Å². The third kappa shape index (κ3) is 3.87. The molecule has 0 aromatic carbocycles. The molecule has 2 aliphatic heterocycles. The largest absolute Gasteiger partial charge is 0.381 e. The van der Waals surface area contributed by atoms with Crippen LogP contribution in [-0.4, -0.2) is 58.0 Å². The Balaban J connectivity index is 1.45. The van der Waals surface area contributed by atoms with Gasteiger partial charge in [0.05, 0.1) is 0 Å². The zero-order valence-electron chi connectivity index (χ0n) is 16.2. The van der Waals surface area contributed by atoms with Gasteiger partial charge in [-0.2, -0.15) is 0 Å². The monoisotopic (exact) mass is 360 g/mol. The van der Waals surface area contributed by atoms with Crippen LogP contribution in [0.25, 0.3) is 0 Å². The van der Waals surface area contributed by atoms with Crippen LogP contribution in [0.1, 0.15) is 50.2 Å². The average molecular weight is 361 g/mol.